The van der Waals surface area contributed by atoms with E-state index in [0.29, 0.717) is 6.61 Å². The van der Waals surface area contributed by atoms with Gasteiger partial charge in [-0.25, -0.2) is 0 Å². The third kappa shape index (κ3) is 3.32. The van der Waals surface area contributed by atoms with Gasteiger partial charge in [0.2, 0.25) is 0 Å². The molecule has 100 valence electrons. The molecule has 0 radical (unpaired) electrons. The van der Waals surface area contributed by atoms with Crippen molar-refractivity contribution in [2.24, 2.45) is 5.92 Å². The number of aryl methyl sites for hydroxylation is 1. The molecule has 0 atom stereocenters. The molecule has 1 aromatic heterocycles. The van der Waals surface area contributed by atoms with E-state index < -0.39 is 0 Å². The molecule has 0 spiro atoms. The van der Waals surface area contributed by atoms with Crippen molar-refractivity contribution in [1.82, 2.24) is 5.16 Å². The van der Waals surface area contributed by atoms with Crippen molar-refractivity contribution in [3.63, 3.8) is 0 Å². The Morgan fingerprint density at radius 1 is 1.44 bits per heavy atom. The first-order chi connectivity index (χ1) is 8.69. The molecule has 1 aliphatic rings. The molecule has 1 aromatic rings. The Kier molecular flexibility index (Phi) is 4.36. The van der Waals surface area contributed by atoms with E-state index in [-0.39, 0.29) is 18.0 Å². The predicted octanol–water partition coefficient (Wildman–Crippen LogP) is 2.23. The van der Waals surface area contributed by atoms with Crippen molar-refractivity contribution in [2.75, 3.05) is 7.11 Å². The van der Waals surface area contributed by atoms with Crippen LogP contribution >= 0.6 is 0 Å². The zero-order valence-corrected chi connectivity index (χ0v) is 10.8. The van der Waals surface area contributed by atoms with E-state index in [4.69, 9.17) is 14.0 Å². The van der Waals surface area contributed by atoms with E-state index in [2.05, 4.69) is 5.16 Å². The molecule has 5 heteroatoms. The summed E-state index contributed by atoms with van der Waals surface area (Å²) in [6.45, 7) is 2.34. The molecule has 0 bridgehead atoms. The van der Waals surface area contributed by atoms with Gasteiger partial charge in [0.25, 0.3) is 0 Å². The van der Waals surface area contributed by atoms with Gasteiger partial charge in [-0.05, 0) is 32.6 Å². The summed E-state index contributed by atoms with van der Waals surface area (Å²) < 4.78 is 15.6. The molecule has 0 N–H and O–H groups in total. The summed E-state index contributed by atoms with van der Waals surface area (Å²) in [5.41, 5.74) is 0.864. The van der Waals surface area contributed by atoms with E-state index >= 15 is 0 Å². The van der Waals surface area contributed by atoms with Gasteiger partial charge in [-0.1, -0.05) is 5.16 Å². The standard InChI is InChI=1S/C13H19NO4/c1-9-7-12(18-14-9)8-17-11-5-3-10(4-6-11)13(15)16-2/h7,10-11H,3-6,8H2,1-2H3. The molecule has 0 aromatic carbocycles. The monoisotopic (exact) mass is 253 g/mol. The summed E-state index contributed by atoms with van der Waals surface area (Å²) in [6, 6.07) is 1.88. The lowest BCUT2D eigenvalue weighted by molar-refractivity contribution is -0.147. The third-order valence-electron chi connectivity index (χ3n) is 3.35. The molecule has 1 aliphatic carbocycles. The van der Waals surface area contributed by atoms with Crippen LogP contribution < -0.4 is 0 Å². The van der Waals surface area contributed by atoms with E-state index in [0.717, 1.165) is 37.1 Å². The first-order valence-corrected chi connectivity index (χ1v) is 6.30. The van der Waals surface area contributed by atoms with Crippen LogP contribution in [-0.2, 0) is 20.9 Å². The highest BCUT2D eigenvalue weighted by molar-refractivity contribution is 5.72. The molecule has 2 rings (SSSR count). The number of carbonyl (C=O) groups is 1. The van der Waals surface area contributed by atoms with E-state index in [9.17, 15) is 4.79 Å². The maximum atomic E-state index is 11.4. The quantitative estimate of drug-likeness (QED) is 0.770. The number of carbonyl (C=O) groups excluding carboxylic acids is 1. The molecular formula is C13H19NO4. The molecule has 0 amide bonds. The maximum Gasteiger partial charge on any atom is 0.308 e. The smallest absolute Gasteiger partial charge is 0.308 e. The molecule has 18 heavy (non-hydrogen) atoms. The minimum atomic E-state index is -0.0979. The van der Waals surface area contributed by atoms with E-state index in [1.54, 1.807) is 0 Å². The lowest BCUT2D eigenvalue weighted by Gasteiger charge is -2.26. The van der Waals surface area contributed by atoms with Crippen LogP contribution in [0.1, 0.15) is 37.1 Å². The lowest BCUT2D eigenvalue weighted by Crippen LogP contribution is -2.26. The second-order valence-electron chi connectivity index (χ2n) is 4.74. The third-order valence-corrected chi connectivity index (χ3v) is 3.35. The average molecular weight is 253 g/mol. The molecule has 1 saturated carbocycles. The molecule has 1 fully saturated rings. The number of nitrogens with zero attached hydrogens (tertiary/aromatic N) is 1. The topological polar surface area (TPSA) is 61.6 Å². The molecular weight excluding hydrogens is 234 g/mol. The predicted molar refractivity (Wildman–Crippen MR) is 63.8 cm³/mol. The number of rotatable bonds is 4. The highest BCUT2D eigenvalue weighted by Gasteiger charge is 2.27. The number of aromatic nitrogens is 1. The fraction of sp³-hybridized carbons (Fsp3) is 0.692. The fourth-order valence-electron chi connectivity index (χ4n) is 2.32. The van der Waals surface area contributed by atoms with Gasteiger partial charge < -0.3 is 14.0 Å². The number of hydrogen-bond donors (Lipinski definition) is 0. The average Bonchev–Trinajstić information content (AvgIpc) is 2.82. The van der Waals surface area contributed by atoms with Crippen LogP contribution in [0.25, 0.3) is 0 Å². The lowest BCUT2D eigenvalue weighted by atomic mass is 9.87. The minimum Gasteiger partial charge on any atom is -0.469 e. The van der Waals surface area contributed by atoms with Gasteiger partial charge in [0.05, 0.1) is 24.8 Å². The Bertz CT molecular complexity index is 393. The number of methoxy groups -OCH3 is 1. The molecule has 0 saturated heterocycles. The van der Waals surface area contributed by atoms with Crippen LogP contribution in [0.15, 0.2) is 10.6 Å². The summed E-state index contributed by atoms with van der Waals surface area (Å²) in [4.78, 5) is 11.4. The van der Waals surface area contributed by atoms with Crippen LogP contribution in [0, 0.1) is 12.8 Å². The van der Waals surface area contributed by atoms with Gasteiger partial charge in [-0.15, -0.1) is 0 Å². The Hall–Kier alpha value is -1.36. The van der Waals surface area contributed by atoms with Gasteiger partial charge in [0.15, 0.2) is 5.76 Å². The van der Waals surface area contributed by atoms with Gasteiger partial charge in [-0.2, -0.15) is 0 Å². The Morgan fingerprint density at radius 3 is 2.72 bits per heavy atom. The Balaban J connectivity index is 1.72. The van der Waals surface area contributed by atoms with Crippen molar-refractivity contribution < 1.29 is 18.8 Å². The normalized spacial score (nSPS) is 23.9. The molecule has 1 heterocycles. The van der Waals surface area contributed by atoms with Gasteiger partial charge >= 0.3 is 5.97 Å². The van der Waals surface area contributed by atoms with Crippen molar-refractivity contribution in [2.45, 2.75) is 45.3 Å². The van der Waals surface area contributed by atoms with Crippen molar-refractivity contribution in [1.29, 1.82) is 0 Å². The summed E-state index contributed by atoms with van der Waals surface area (Å²) in [6.07, 6.45) is 3.68. The maximum absolute atomic E-state index is 11.4. The van der Waals surface area contributed by atoms with Crippen LogP contribution in [0.3, 0.4) is 0 Å². The zero-order chi connectivity index (χ0) is 13.0. The number of ether oxygens (including phenoxy) is 2. The number of esters is 1. The molecule has 0 unspecified atom stereocenters. The Labute approximate surface area is 106 Å². The number of hydrogen-bond acceptors (Lipinski definition) is 5. The largest absolute Gasteiger partial charge is 0.469 e. The first kappa shape index (κ1) is 13.1. The first-order valence-electron chi connectivity index (χ1n) is 6.30. The summed E-state index contributed by atoms with van der Waals surface area (Å²) in [5, 5.41) is 3.81. The van der Waals surface area contributed by atoms with Crippen LogP contribution in [-0.4, -0.2) is 24.3 Å². The summed E-state index contributed by atoms with van der Waals surface area (Å²) >= 11 is 0. The summed E-state index contributed by atoms with van der Waals surface area (Å²) in [5.74, 6) is 0.698. The minimum absolute atomic E-state index is 0.0439. The molecule has 5 nitrogen and oxygen atoms in total. The molecule has 0 aliphatic heterocycles. The second kappa shape index (κ2) is 6.00. The highest BCUT2D eigenvalue weighted by Crippen LogP contribution is 2.27. The van der Waals surface area contributed by atoms with Gasteiger partial charge in [0, 0.05) is 6.07 Å². The Morgan fingerprint density at radius 2 is 2.17 bits per heavy atom. The fourth-order valence-corrected chi connectivity index (χ4v) is 2.32. The van der Waals surface area contributed by atoms with Crippen LogP contribution in [0.5, 0.6) is 0 Å². The zero-order valence-electron chi connectivity index (χ0n) is 10.8. The summed E-state index contributed by atoms with van der Waals surface area (Å²) in [7, 11) is 1.44. The SMILES string of the molecule is COC(=O)C1CCC(OCc2cc(C)no2)CC1. The van der Waals surface area contributed by atoms with Crippen LogP contribution in [0.4, 0.5) is 0 Å². The van der Waals surface area contributed by atoms with Crippen LogP contribution in [0.2, 0.25) is 0 Å². The van der Waals surface area contributed by atoms with Gasteiger partial charge in [-0.3, -0.25) is 4.79 Å². The van der Waals surface area contributed by atoms with E-state index in [1.807, 2.05) is 13.0 Å². The second-order valence-corrected chi connectivity index (χ2v) is 4.74. The van der Waals surface area contributed by atoms with Crippen molar-refractivity contribution in [3.8, 4) is 0 Å². The highest BCUT2D eigenvalue weighted by atomic mass is 16.5. The van der Waals surface area contributed by atoms with Crippen molar-refractivity contribution in [3.05, 3.63) is 17.5 Å². The van der Waals surface area contributed by atoms with E-state index in [1.165, 1.54) is 7.11 Å². The van der Waals surface area contributed by atoms with Gasteiger partial charge in [0.1, 0.15) is 6.61 Å². The van der Waals surface area contributed by atoms with Crippen molar-refractivity contribution >= 4 is 5.97 Å².